The third kappa shape index (κ3) is 13.0. The molecule has 0 aliphatic heterocycles. The number of carbonyl (C=O) groups is 5. The molecule has 3 N–H and O–H groups in total. The summed E-state index contributed by atoms with van der Waals surface area (Å²) >= 11 is 0.909. The van der Waals surface area contributed by atoms with E-state index in [0.29, 0.717) is 13.1 Å². The SMILES string of the molecule is CCN(CC)C(=O)COC(=O)C(C)NC(=O)C(C)(C)NC(=O)C(SC(C)=O)C(C)C.OCc1ccccc1. The summed E-state index contributed by atoms with van der Waals surface area (Å²) in [6.07, 6.45) is 0. The molecule has 0 saturated carbocycles. The molecule has 0 heterocycles. The molecule has 1 aromatic rings. The first-order chi connectivity index (χ1) is 17.7. The van der Waals surface area contributed by atoms with Gasteiger partial charge in [-0.05, 0) is 46.1 Å². The van der Waals surface area contributed by atoms with Crippen LogP contribution in [0.2, 0.25) is 0 Å². The van der Waals surface area contributed by atoms with Crippen LogP contribution in [0.5, 0.6) is 0 Å². The zero-order valence-electron chi connectivity index (χ0n) is 23.7. The lowest BCUT2D eigenvalue weighted by atomic mass is 10.0. The van der Waals surface area contributed by atoms with Gasteiger partial charge in [0.25, 0.3) is 5.91 Å². The lowest BCUT2D eigenvalue weighted by Crippen LogP contribution is -2.59. The number of ether oxygens (including phenoxy) is 1. The monoisotopic (exact) mass is 553 g/mol. The van der Waals surface area contributed by atoms with Crippen molar-refractivity contribution < 1.29 is 33.8 Å². The topological polar surface area (TPSA) is 142 Å². The van der Waals surface area contributed by atoms with Crippen LogP contribution in [0.3, 0.4) is 0 Å². The number of likely N-dealkylation sites (N-methyl/N-ethyl adjacent to an activating group) is 1. The second-order valence-electron chi connectivity index (χ2n) is 9.40. The maximum Gasteiger partial charge on any atom is 0.328 e. The molecule has 1 rings (SSSR count). The van der Waals surface area contributed by atoms with E-state index < -0.39 is 41.2 Å². The number of benzene rings is 1. The number of amides is 3. The van der Waals surface area contributed by atoms with Crippen LogP contribution in [0, 0.1) is 5.92 Å². The first-order valence-corrected chi connectivity index (χ1v) is 13.5. The molecule has 1 aromatic carbocycles. The summed E-state index contributed by atoms with van der Waals surface area (Å²) in [5.41, 5.74) is -0.361. The molecule has 3 amide bonds. The van der Waals surface area contributed by atoms with Crippen molar-refractivity contribution in [3.63, 3.8) is 0 Å². The Morgan fingerprint density at radius 1 is 1.03 bits per heavy atom. The Labute approximate surface area is 230 Å². The van der Waals surface area contributed by atoms with Gasteiger partial charge in [0.05, 0.1) is 11.9 Å². The summed E-state index contributed by atoms with van der Waals surface area (Å²) in [5, 5.41) is 12.8. The van der Waals surface area contributed by atoms with E-state index in [1.807, 2.05) is 58.0 Å². The highest BCUT2D eigenvalue weighted by Crippen LogP contribution is 2.21. The molecule has 10 nitrogen and oxygen atoms in total. The van der Waals surface area contributed by atoms with Gasteiger partial charge < -0.3 is 25.4 Å². The molecule has 2 atom stereocenters. The lowest BCUT2D eigenvalue weighted by molar-refractivity contribution is -0.154. The van der Waals surface area contributed by atoms with Gasteiger partial charge in [-0.2, -0.15) is 0 Å². The van der Waals surface area contributed by atoms with Gasteiger partial charge in [0, 0.05) is 20.0 Å². The molecule has 0 spiro atoms. The van der Waals surface area contributed by atoms with Crippen molar-refractivity contribution in [2.24, 2.45) is 5.92 Å². The molecule has 11 heteroatoms. The van der Waals surface area contributed by atoms with Gasteiger partial charge in [-0.1, -0.05) is 55.9 Å². The van der Waals surface area contributed by atoms with Crippen LogP contribution < -0.4 is 10.6 Å². The Bertz CT molecular complexity index is 919. The minimum absolute atomic E-state index is 0.116. The Balaban J connectivity index is 0.00000144. The van der Waals surface area contributed by atoms with E-state index in [4.69, 9.17) is 9.84 Å². The van der Waals surface area contributed by atoms with Gasteiger partial charge >= 0.3 is 5.97 Å². The van der Waals surface area contributed by atoms with E-state index in [1.165, 1.54) is 32.6 Å². The van der Waals surface area contributed by atoms with Crippen LogP contribution in [0.4, 0.5) is 0 Å². The molecule has 2 unspecified atom stereocenters. The molecule has 0 bridgehead atoms. The van der Waals surface area contributed by atoms with Crippen molar-refractivity contribution in [3.8, 4) is 0 Å². The van der Waals surface area contributed by atoms with Crippen molar-refractivity contribution >= 4 is 40.6 Å². The van der Waals surface area contributed by atoms with Gasteiger partial charge in [-0.15, -0.1) is 0 Å². The lowest BCUT2D eigenvalue weighted by Gasteiger charge is -2.29. The number of aliphatic hydroxyl groups is 1. The molecule has 0 aromatic heterocycles. The third-order valence-electron chi connectivity index (χ3n) is 5.34. The van der Waals surface area contributed by atoms with E-state index in [0.717, 1.165) is 17.3 Å². The predicted octanol–water partition coefficient (Wildman–Crippen LogP) is 2.28. The van der Waals surface area contributed by atoms with E-state index in [9.17, 15) is 24.0 Å². The molecule has 0 fully saturated rings. The average molecular weight is 554 g/mol. The number of nitrogens with zero attached hydrogens (tertiary/aromatic N) is 1. The minimum atomic E-state index is -1.33. The summed E-state index contributed by atoms with van der Waals surface area (Å²) in [5.74, 6) is -2.22. The number of carbonyl (C=O) groups excluding carboxylic acids is 5. The quantitative estimate of drug-likeness (QED) is 0.335. The second kappa shape index (κ2) is 17.6. The fourth-order valence-corrected chi connectivity index (χ4v) is 3.85. The van der Waals surface area contributed by atoms with Crippen molar-refractivity contribution in [2.45, 2.75) is 78.8 Å². The number of hydrogen-bond acceptors (Lipinski definition) is 8. The molecule has 214 valence electrons. The van der Waals surface area contributed by atoms with Gasteiger partial charge in [0.1, 0.15) is 11.6 Å². The highest BCUT2D eigenvalue weighted by molar-refractivity contribution is 8.14. The molecule has 38 heavy (non-hydrogen) atoms. The summed E-state index contributed by atoms with van der Waals surface area (Å²) in [6, 6.07) is 8.52. The van der Waals surface area contributed by atoms with Crippen LogP contribution in [-0.4, -0.2) is 75.3 Å². The van der Waals surface area contributed by atoms with E-state index in [1.54, 1.807) is 0 Å². The summed E-state index contributed by atoms with van der Waals surface area (Å²) in [7, 11) is 0. The number of nitrogens with one attached hydrogen (secondary N) is 2. The van der Waals surface area contributed by atoms with E-state index in [-0.39, 0.29) is 23.5 Å². The molecular weight excluding hydrogens is 510 g/mol. The first-order valence-electron chi connectivity index (χ1n) is 12.6. The number of rotatable bonds is 12. The third-order valence-corrected chi connectivity index (χ3v) is 6.69. The maximum atomic E-state index is 12.6. The van der Waals surface area contributed by atoms with E-state index in [2.05, 4.69) is 10.6 Å². The zero-order chi connectivity index (χ0) is 29.5. The van der Waals surface area contributed by atoms with Crippen LogP contribution in [0.1, 0.15) is 61.0 Å². The number of aliphatic hydroxyl groups excluding tert-OH is 1. The van der Waals surface area contributed by atoms with E-state index >= 15 is 0 Å². The largest absolute Gasteiger partial charge is 0.454 e. The van der Waals surface area contributed by atoms with Crippen molar-refractivity contribution in [3.05, 3.63) is 35.9 Å². The first kappa shape index (κ1) is 35.1. The van der Waals surface area contributed by atoms with Gasteiger partial charge in [-0.3, -0.25) is 19.2 Å². The van der Waals surface area contributed by atoms with Gasteiger partial charge in [0.2, 0.25) is 11.8 Å². The smallest absolute Gasteiger partial charge is 0.328 e. The maximum absolute atomic E-state index is 12.6. The molecule has 0 saturated heterocycles. The average Bonchev–Trinajstić information content (AvgIpc) is 2.86. The number of esters is 1. The Morgan fingerprint density at radius 2 is 1.58 bits per heavy atom. The van der Waals surface area contributed by atoms with Gasteiger partial charge in [-0.25, -0.2) is 4.79 Å². The molecule has 0 aliphatic carbocycles. The van der Waals surface area contributed by atoms with Crippen LogP contribution in [-0.2, 0) is 35.3 Å². The fourth-order valence-electron chi connectivity index (χ4n) is 3.05. The Kier molecular flexibility index (Phi) is 16.2. The molecular formula is C27H43N3O7S. The predicted molar refractivity (Wildman–Crippen MR) is 148 cm³/mol. The number of thioether (sulfide) groups is 1. The highest BCUT2D eigenvalue weighted by Gasteiger charge is 2.35. The van der Waals surface area contributed by atoms with Crippen molar-refractivity contribution in [1.82, 2.24) is 15.5 Å². The van der Waals surface area contributed by atoms with Crippen LogP contribution in [0.25, 0.3) is 0 Å². The summed E-state index contributed by atoms with van der Waals surface area (Å²) in [4.78, 5) is 62.1. The zero-order valence-corrected chi connectivity index (χ0v) is 24.5. The Morgan fingerprint density at radius 3 is 2.00 bits per heavy atom. The standard InChI is InChI=1S/C20H35N3O6S.C7H8O/c1-9-23(10-2)15(25)11-29-18(27)13(5)21-19(28)20(7,8)22-17(26)16(12(3)4)30-14(6)24;8-6-7-4-2-1-3-5-7/h12-13,16H,9-11H2,1-8H3,(H,21,28)(H,22,26);1-5,8H,6H2. The van der Waals surface area contributed by atoms with Crippen LogP contribution >= 0.6 is 11.8 Å². The molecule has 0 radical (unpaired) electrons. The van der Waals surface area contributed by atoms with Gasteiger partial charge in [0.15, 0.2) is 11.7 Å². The van der Waals surface area contributed by atoms with Crippen molar-refractivity contribution in [2.75, 3.05) is 19.7 Å². The summed E-state index contributed by atoms with van der Waals surface area (Å²) < 4.78 is 4.99. The van der Waals surface area contributed by atoms with Crippen LogP contribution in [0.15, 0.2) is 30.3 Å². The second-order valence-corrected chi connectivity index (χ2v) is 10.7. The Hall–Kier alpha value is -2.92. The fraction of sp³-hybridized carbons (Fsp3) is 0.593. The highest BCUT2D eigenvalue weighted by atomic mass is 32.2. The van der Waals surface area contributed by atoms with Crippen molar-refractivity contribution in [1.29, 1.82) is 0 Å². The molecule has 0 aliphatic rings. The minimum Gasteiger partial charge on any atom is -0.454 e. The summed E-state index contributed by atoms with van der Waals surface area (Å²) in [6.45, 7) is 13.8. The number of hydrogen-bond donors (Lipinski definition) is 3. The normalized spacial score (nSPS) is 12.4.